The minimum Gasteiger partial charge on any atom is -0.462 e. The number of hydrogen-bond donors (Lipinski definition) is 1. The van der Waals surface area contributed by atoms with Crippen molar-refractivity contribution in [3.63, 3.8) is 0 Å². The maximum absolute atomic E-state index is 11.5. The lowest BCUT2D eigenvalue weighted by Crippen LogP contribution is -2.07. The molecule has 0 bridgehead atoms. The molecule has 0 aliphatic rings. The van der Waals surface area contributed by atoms with Crippen LogP contribution in [0.2, 0.25) is 0 Å². The van der Waals surface area contributed by atoms with Gasteiger partial charge in [-0.2, -0.15) is 0 Å². The molecular formula is C10H15NO2. The molecule has 3 heteroatoms. The Kier molecular flexibility index (Phi) is 3.12. The van der Waals surface area contributed by atoms with Crippen LogP contribution in [0.1, 0.15) is 35.0 Å². The quantitative estimate of drug-likeness (QED) is 0.726. The number of H-pyrrole nitrogens is 1. The fourth-order valence-electron chi connectivity index (χ4n) is 1.24. The van der Waals surface area contributed by atoms with E-state index in [0.717, 1.165) is 17.7 Å². The number of aromatic amines is 1. The first-order chi connectivity index (χ1) is 6.16. The lowest BCUT2D eigenvalue weighted by Gasteiger charge is -2.02. The normalized spacial score (nSPS) is 10.1. The van der Waals surface area contributed by atoms with Gasteiger partial charge in [0.1, 0.15) is 0 Å². The van der Waals surface area contributed by atoms with Gasteiger partial charge in [0.05, 0.1) is 12.2 Å². The van der Waals surface area contributed by atoms with Gasteiger partial charge < -0.3 is 9.72 Å². The molecule has 72 valence electrons. The summed E-state index contributed by atoms with van der Waals surface area (Å²) in [6.07, 6.45) is 2.67. The molecule has 0 spiro atoms. The molecule has 0 radical (unpaired) electrons. The third-order valence-corrected chi connectivity index (χ3v) is 1.92. The van der Waals surface area contributed by atoms with Gasteiger partial charge in [-0.15, -0.1) is 0 Å². The number of aromatic nitrogens is 1. The number of esters is 1. The van der Waals surface area contributed by atoms with Gasteiger partial charge >= 0.3 is 5.97 Å². The van der Waals surface area contributed by atoms with Crippen LogP contribution in [0.4, 0.5) is 0 Å². The van der Waals surface area contributed by atoms with Gasteiger partial charge in [0, 0.05) is 11.9 Å². The molecule has 3 nitrogen and oxygen atoms in total. The fraction of sp³-hybridized carbons (Fsp3) is 0.500. The van der Waals surface area contributed by atoms with E-state index in [1.54, 1.807) is 0 Å². The van der Waals surface area contributed by atoms with Crippen LogP contribution in [0.25, 0.3) is 0 Å². The van der Waals surface area contributed by atoms with Crippen LogP contribution in [0.15, 0.2) is 6.20 Å². The maximum Gasteiger partial charge on any atom is 0.340 e. The van der Waals surface area contributed by atoms with Crippen LogP contribution in [0, 0.1) is 13.8 Å². The lowest BCUT2D eigenvalue weighted by molar-refractivity contribution is 0.0503. The summed E-state index contributed by atoms with van der Waals surface area (Å²) >= 11 is 0. The molecule has 1 N–H and O–H groups in total. The topological polar surface area (TPSA) is 42.1 Å². The number of aryl methyl sites for hydroxylation is 2. The zero-order valence-electron chi connectivity index (χ0n) is 8.31. The van der Waals surface area contributed by atoms with Gasteiger partial charge in [0.15, 0.2) is 0 Å². The molecule has 0 saturated heterocycles. The monoisotopic (exact) mass is 181 g/mol. The van der Waals surface area contributed by atoms with Crippen molar-refractivity contribution in [1.29, 1.82) is 0 Å². The highest BCUT2D eigenvalue weighted by atomic mass is 16.5. The van der Waals surface area contributed by atoms with Crippen LogP contribution in [0.3, 0.4) is 0 Å². The number of ether oxygens (including phenoxy) is 1. The van der Waals surface area contributed by atoms with Crippen molar-refractivity contribution >= 4 is 5.97 Å². The van der Waals surface area contributed by atoms with Crippen molar-refractivity contribution in [1.82, 2.24) is 4.98 Å². The second-order valence-electron chi connectivity index (χ2n) is 3.11. The van der Waals surface area contributed by atoms with E-state index in [9.17, 15) is 4.79 Å². The van der Waals surface area contributed by atoms with Gasteiger partial charge in [-0.1, -0.05) is 6.92 Å². The zero-order valence-corrected chi connectivity index (χ0v) is 8.31. The first kappa shape index (κ1) is 9.84. The van der Waals surface area contributed by atoms with Crippen LogP contribution >= 0.6 is 0 Å². The summed E-state index contributed by atoms with van der Waals surface area (Å²) in [7, 11) is 0. The highest BCUT2D eigenvalue weighted by Crippen LogP contribution is 2.13. The Labute approximate surface area is 78.1 Å². The van der Waals surface area contributed by atoms with Crippen LogP contribution < -0.4 is 0 Å². The largest absolute Gasteiger partial charge is 0.462 e. The van der Waals surface area contributed by atoms with E-state index < -0.39 is 0 Å². The molecule has 0 saturated carbocycles. The molecule has 0 amide bonds. The van der Waals surface area contributed by atoms with Gasteiger partial charge in [0.2, 0.25) is 0 Å². The fourth-order valence-corrected chi connectivity index (χ4v) is 1.24. The molecule has 0 aromatic carbocycles. The first-order valence-corrected chi connectivity index (χ1v) is 4.48. The van der Waals surface area contributed by atoms with E-state index in [1.807, 2.05) is 27.0 Å². The summed E-state index contributed by atoms with van der Waals surface area (Å²) in [6.45, 7) is 6.23. The third kappa shape index (κ3) is 2.11. The molecule has 1 heterocycles. The molecule has 0 fully saturated rings. The summed E-state index contributed by atoms with van der Waals surface area (Å²) in [5.74, 6) is -0.224. The standard InChI is InChI=1S/C10H15NO2/c1-4-5-13-10(12)9-7(2)6-11-8(9)3/h6,11H,4-5H2,1-3H3. The summed E-state index contributed by atoms with van der Waals surface area (Å²) in [5, 5.41) is 0. The summed E-state index contributed by atoms with van der Waals surface area (Å²) < 4.78 is 5.04. The molecule has 0 unspecified atom stereocenters. The molecule has 1 aromatic rings. The smallest absolute Gasteiger partial charge is 0.340 e. The van der Waals surface area contributed by atoms with Crippen LogP contribution in [0.5, 0.6) is 0 Å². The average molecular weight is 181 g/mol. The van der Waals surface area contributed by atoms with Gasteiger partial charge in [0.25, 0.3) is 0 Å². The second-order valence-corrected chi connectivity index (χ2v) is 3.11. The minimum absolute atomic E-state index is 0.224. The molecule has 13 heavy (non-hydrogen) atoms. The number of nitrogens with one attached hydrogen (secondary N) is 1. The van der Waals surface area contributed by atoms with Crippen LogP contribution in [-0.4, -0.2) is 17.6 Å². The maximum atomic E-state index is 11.5. The van der Waals surface area contributed by atoms with Crippen molar-refractivity contribution in [3.05, 3.63) is 23.0 Å². The van der Waals surface area contributed by atoms with Crippen molar-refractivity contribution in [2.75, 3.05) is 6.61 Å². The Hall–Kier alpha value is -1.25. The van der Waals surface area contributed by atoms with Crippen molar-refractivity contribution in [2.24, 2.45) is 0 Å². The highest BCUT2D eigenvalue weighted by Gasteiger charge is 2.14. The van der Waals surface area contributed by atoms with E-state index >= 15 is 0 Å². The van der Waals surface area contributed by atoms with E-state index in [-0.39, 0.29) is 5.97 Å². The number of carbonyl (C=O) groups excluding carboxylic acids is 1. The van der Waals surface area contributed by atoms with E-state index in [0.29, 0.717) is 12.2 Å². The Bertz CT molecular complexity index is 282. The predicted molar refractivity (Wildman–Crippen MR) is 50.8 cm³/mol. The van der Waals surface area contributed by atoms with Gasteiger partial charge in [-0.25, -0.2) is 4.79 Å². The Balaban J connectivity index is 2.76. The lowest BCUT2D eigenvalue weighted by atomic mass is 10.2. The molecular weight excluding hydrogens is 166 g/mol. The van der Waals surface area contributed by atoms with Crippen molar-refractivity contribution < 1.29 is 9.53 Å². The first-order valence-electron chi connectivity index (χ1n) is 4.48. The predicted octanol–water partition coefficient (Wildman–Crippen LogP) is 2.20. The van der Waals surface area contributed by atoms with Crippen molar-refractivity contribution in [3.8, 4) is 0 Å². The van der Waals surface area contributed by atoms with E-state index in [2.05, 4.69) is 4.98 Å². The Morgan fingerprint density at radius 1 is 1.54 bits per heavy atom. The Morgan fingerprint density at radius 3 is 2.69 bits per heavy atom. The van der Waals surface area contributed by atoms with E-state index in [4.69, 9.17) is 4.74 Å². The number of carbonyl (C=O) groups is 1. The van der Waals surface area contributed by atoms with Gasteiger partial charge in [-0.3, -0.25) is 0 Å². The molecule has 1 aromatic heterocycles. The third-order valence-electron chi connectivity index (χ3n) is 1.92. The summed E-state index contributed by atoms with van der Waals surface area (Å²) in [4.78, 5) is 14.5. The Morgan fingerprint density at radius 2 is 2.23 bits per heavy atom. The molecule has 0 atom stereocenters. The van der Waals surface area contributed by atoms with Gasteiger partial charge in [-0.05, 0) is 25.8 Å². The molecule has 0 aliphatic heterocycles. The average Bonchev–Trinajstić information content (AvgIpc) is 2.42. The zero-order chi connectivity index (χ0) is 9.84. The minimum atomic E-state index is -0.224. The highest BCUT2D eigenvalue weighted by molar-refractivity contribution is 5.92. The van der Waals surface area contributed by atoms with E-state index in [1.165, 1.54) is 0 Å². The summed E-state index contributed by atoms with van der Waals surface area (Å²) in [6, 6.07) is 0. The second kappa shape index (κ2) is 4.12. The number of hydrogen-bond acceptors (Lipinski definition) is 2. The van der Waals surface area contributed by atoms with Crippen LogP contribution in [-0.2, 0) is 4.74 Å². The molecule has 1 rings (SSSR count). The number of rotatable bonds is 3. The van der Waals surface area contributed by atoms with Crippen molar-refractivity contribution in [2.45, 2.75) is 27.2 Å². The SMILES string of the molecule is CCCOC(=O)c1c(C)c[nH]c1C. The summed E-state index contributed by atoms with van der Waals surface area (Å²) in [5.41, 5.74) is 2.49. The molecule has 0 aliphatic carbocycles.